The minimum Gasteiger partial charge on any atom is -0.508 e. The van der Waals surface area contributed by atoms with Gasteiger partial charge in [0.15, 0.2) is 5.82 Å². The third-order valence-corrected chi connectivity index (χ3v) is 10.3. The SMILES string of the molecule is CCc1c(F)ccc2cc(O)cc(-c3nc4c(N5CC6CCC(C5)N6)nc(OC[C@@]56CCCN5C[C@H](F)C6)cc4n3C)c12. The van der Waals surface area contributed by atoms with Crippen molar-refractivity contribution in [1.29, 1.82) is 0 Å². The van der Waals surface area contributed by atoms with Gasteiger partial charge in [0.25, 0.3) is 0 Å². The van der Waals surface area contributed by atoms with Gasteiger partial charge in [0, 0.05) is 56.8 Å². The van der Waals surface area contributed by atoms with E-state index in [4.69, 9.17) is 14.7 Å². The van der Waals surface area contributed by atoms with E-state index in [2.05, 4.69) is 15.1 Å². The van der Waals surface area contributed by atoms with Gasteiger partial charge in [-0.05, 0) is 73.2 Å². The summed E-state index contributed by atoms with van der Waals surface area (Å²) < 4.78 is 38.0. The van der Waals surface area contributed by atoms with E-state index >= 15 is 4.39 Å². The van der Waals surface area contributed by atoms with E-state index in [1.165, 1.54) is 6.07 Å². The predicted octanol–water partition coefficient (Wildman–Crippen LogP) is 5.09. The largest absolute Gasteiger partial charge is 0.508 e. The summed E-state index contributed by atoms with van der Waals surface area (Å²) in [5, 5.41) is 15.9. The van der Waals surface area contributed by atoms with E-state index in [1.54, 1.807) is 18.2 Å². The Balaban J connectivity index is 1.27. The molecule has 2 unspecified atom stereocenters. The standard InChI is InChI=1S/C33H38F2N6O2/c1-3-24-26(35)8-5-19-11-23(42)12-25(29(19)24)31-38-30-27(39(31)2)13-28(37-32(30)40-16-21-6-7-22(17-40)36-21)43-18-33-9-4-10-41(33)15-20(34)14-33/h5,8,11-13,20-22,36,42H,3-4,6-7,9-10,14-18H2,1-2H3/t20-,21?,22?,33+/m1/s1. The zero-order valence-electron chi connectivity index (χ0n) is 24.7. The molecule has 0 radical (unpaired) electrons. The molecule has 2 N–H and O–H groups in total. The van der Waals surface area contributed by atoms with E-state index in [1.807, 2.05) is 24.6 Å². The average Bonchev–Trinajstić information content (AvgIpc) is 3.72. The third kappa shape index (κ3) is 4.36. The van der Waals surface area contributed by atoms with Gasteiger partial charge in [0.1, 0.15) is 35.7 Å². The zero-order chi connectivity index (χ0) is 29.5. The monoisotopic (exact) mass is 588 g/mol. The Morgan fingerprint density at radius 3 is 2.72 bits per heavy atom. The molecule has 0 aliphatic carbocycles. The number of halogens is 2. The van der Waals surface area contributed by atoms with E-state index in [0.717, 1.165) is 72.9 Å². The number of alkyl halides is 1. The number of aromatic nitrogens is 3. The number of pyridine rings is 1. The first-order chi connectivity index (χ1) is 20.8. The second kappa shape index (κ2) is 10.0. The summed E-state index contributed by atoms with van der Waals surface area (Å²) in [6.45, 7) is 5.39. The van der Waals surface area contributed by atoms with Crippen molar-refractivity contribution in [1.82, 2.24) is 24.8 Å². The van der Waals surface area contributed by atoms with E-state index in [-0.39, 0.29) is 17.1 Å². The van der Waals surface area contributed by atoms with Gasteiger partial charge < -0.3 is 24.6 Å². The second-order valence-electron chi connectivity index (χ2n) is 13.0. The molecule has 2 aromatic carbocycles. The Morgan fingerprint density at radius 1 is 1.12 bits per heavy atom. The van der Waals surface area contributed by atoms with Crippen molar-refractivity contribution in [2.75, 3.05) is 37.7 Å². The van der Waals surface area contributed by atoms with Gasteiger partial charge in [-0.15, -0.1) is 0 Å². The maximum absolute atomic E-state index is 15.0. The van der Waals surface area contributed by atoms with Crippen LogP contribution in [0.4, 0.5) is 14.6 Å². The van der Waals surface area contributed by atoms with Gasteiger partial charge in [-0.2, -0.15) is 4.98 Å². The maximum atomic E-state index is 15.0. The third-order valence-electron chi connectivity index (χ3n) is 10.3. The van der Waals surface area contributed by atoms with Gasteiger partial charge in [-0.1, -0.05) is 13.0 Å². The molecule has 43 heavy (non-hydrogen) atoms. The molecule has 226 valence electrons. The summed E-state index contributed by atoms with van der Waals surface area (Å²) in [5.41, 5.74) is 2.61. The average molecular weight is 589 g/mol. The summed E-state index contributed by atoms with van der Waals surface area (Å²) in [6, 6.07) is 9.26. The van der Waals surface area contributed by atoms with Crippen LogP contribution in [0.25, 0.3) is 33.2 Å². The second-order valence-corrected chi connectivity index (χ2v) is 13.0. The zero-order valence-corrected chi connectivity index (χ0v) is 24.7. The maximum Gasteiger partial charge on any atom is 0.217 e. The van der Waals surface area contributed by atoms with Gasteiger partial charge in [0.05, 0.1) is 11.1 Å². The van der Waals surface area contributed by atoms with Crippen molar-refractivity contribution in [3.05, 3.63) is 41.7 Å². The number of hydrogen-bond acceptors (Lipinski definition) is 7. The van der Waals surface area contributed by atoms with Gasteiger partial charge in [-0.25, -0.2) is 13.8 Å². The summed E-state index contributed by atoms with van der Waals surface area (Å²) in [4.78, 5) is 14.8. The fraction of sp³-hybridized carbons (Fsp3) is 0.515. The van der Waals surface area contributed by atoms with Gasteiger partial charge >= 0.3 is 0 Å². The Morgan fingerprint density at radius 2 is 1.93 bits per heavy atom. The number of aryl methyl sites for hydroxylation is 2. The molecule has 4 saturated heterocycles. The van der Waals surface area contributed by atoms with Gasteiger partial charge in [0.2, 0.25) is 5.88 Å². The van der Waals surface area contributed by atoms with Crippen LogP contribution in [0.1, 0.15) is 44.6 Å². The lowest BCUT2D eigenvalue weighted by Crippen LogP contribution is -2.51. The van der Waals surface area contributed by atoms with Crippen LogP contribution in [-0.2, 0) is 13.5 Å². The molecule has 4 aliphatic rings. The molecule has 4 aromatic rings. The highest BCUT2D eigenvalue weighted by Crippen LogP contribution is 2.42. The Bertz CT molecular complexity index is 1730. The van der Waals surface area contributed by atoms with Crippen LogP contribution in [0.15, 0.2) is 30.3 Å². The molecule has 0 amide bonds. The van der Waals surface area contributed by atoms with Crippen LogP contribution >= 0.6 is 0 Å². The van der Waals surface area contributed by atoms with Crippen molar-refractivity contribution in [3.8, 4) is 23.0 Å². The lowest BCUT2D eigenvalue weighted by atomic mass is 9.95. The first-order valence-electron chi connectivity index (χ1n) is 15.7. The topological polar surface area (TPSA) is 78.7 Å². The summed E-state index contributed by atoms with van der Waals surface area (Å²) in [7, 11) is 1.95. The normalized spacial score (nSPS) is 27.1. The lowest BCUT2D eigenvalue weighted by Gasteiger charge is -2.34. The minimum absolute atomic E-state index is 0.104. The number of phenols is 1. The lowest BCUT2D eigenvalue weighted by molar-refractivity contribution is 0.111. The molecule has 4 fully saturated rings. The molecule has 0 saturated carbocycles. The number of hydrogen-bond donors (Lipinski definition) is 2. The molecular formula is C33H38F2N6O2. The fourth-order valence-electron chi connectivity index (χ4n) is 8.33. The smallest absolute Gasteiger partial charge is 0.217 e. The molecule has 4 aliphatic heterocycles. The van der Waals surface area contributed by atoms with Gasteiger partial charge in [-0.3, -0.25) is 4.90 Å². The number of aromatic hydroxyl groups is 1. The number of nitrogens with zero attached hydrogens (tertiary/aromatic N) is 5. The molecule has 0 spiro atoms. The Kier molecular flexibility index (Phi) is 6.31. The fourth-order valence-corrected chi connectivity index (χ4v) is 8.33. The van der Waals surface area contributed by atoms with Crippen LogP contribution in [0, 0.1) is 5.82 Å². The molecule has 8 rings (SSSR count). The highest BCUT2D eigenvalue weighted by molar-refractivity contribution is 6.01. The molecule has 6 heterocycles. The molecule has 4 atom stereocenters. The van der Waals surface area contributed by atoms with E-state index in [9.17, 15) is 9.50 Å². The first kappa shape index (κ1) is 27.1. The number of benzene rings is 2. The number of piperazine rings is 1. The van der Waals surface area contributed by atoms with Crippen LogP contribution in [0.5, 0.6) is 11.6 Å². The number of nitrogens with one attached hydrogen (secondary N) is 1. The van der Waals surface area contributed by atoms with Crippen molar-refractivity contribution in [2.45, 2.75) is 69.2 Å². The van der Waals surface area contributed by atoms with Crippen LogP contribution in [0.3, 0.4) is 0 Å². The molecule has 2 aromatic heterocycles. The number of imidazole rings is 1. The Hall–Kier alpha value is -3.50. The van der Waals surface area contributed by atoms with E-state index in [0.29, 0.717) is 60.9 Å². The first-order valence-corrected chi connectivity index (χ1v) is 15.7. The van der Waals surface area contributed by atoms with Crippen LogP contribution < -0.4 is 15.0 Å². The summed E-state index contributed by atoms with van der Waals surface area (Å²) in [5.74, 6) is 1.75. The molecular weight excluding hydrogens is 550 g/mol. The van der Waals surface area contributed by atoms with Crippen LogP contribution in [0.2, 0.25) is 0 Å². The molecule has 2 bridgehead atoms. The number of ether oxygens (including phenoxy) is 1. The van der Waals surface area contributed by atoms with Crippen molar-refractivity contribution >= 4 is 27.6 Å². The van der Waals surface area contributed by atoms with Crippen molar-refractivity contribution in [3.63, 3.8) is 0 Å². The number of rotatable bonds is 6. The van der Waals surface area contributed by atoms with E-state index < -0.39 is 6.17 Å². The predicted molar refractivity (Wildman–Crippen MR) is 163 cm³/mol. The highest BCUT2D eigenvalue weighted by atomic mass is 19.1. The highest BCUT2D eigenvalue weighted by Gasteiger charge is 2.49. The number of phenolic OH excluding ortho intramolecular Hbond substituents is 1. The summed E-state index contributed by atoms with van der Waals surface area (Å²) >= 11 is 0. The molecule has 8 nitrogen and oxygen atoms in total. The number of anilines is 1. The quantitative estimate of drug-likeness (QED) is 0.325. The Labute approximate surface area is 249 Å². The summed E-state index contributed by atoms with van der Waals surface area (Å²) in [6.07, 6.45) is 4.45. The van der Waals surface area contributed by atoms with Crippen LogP contribution in [-0.4, -0.2) is 81.1 Å². The minimum atomic E-state index is -0.819. The van der Waals surface area contributed by atoms with Crippen molar-refractivity contribution in [2.24, 2.45) is 7.05 Å². The molecule has 10 heteroatoms. The van der Waals surface area contributed by atoms with Crippen molar-refractivity contribution < 1.29 is 18.6 Å². The number of fused-ring (bicyclic) bond motifs is 5.